The smallest absolute Gasteiger partial charge is 0.550 e. The van der Waals surface area contributed by atoms with Gasteiger partial charge in [0.15, 0.2) is 0 Å². The van der Waals surface area contributed by atoms with Gasteiger partial charge in [0, 0.05) is 11.9 Å². The Labute approximate surface area is 207 Å². The molecule has 0 aliphatic carbocycles. The summed E-state index contributed by atoms with van der Waals surface area (Å²) in [4.78, 5) is 20.3. The first-order valence-electron chi connectivity index (χ1n) is 7.02. The summed E-state index contributed by atoms with van der Waals surface area (Å²) < 4.78 is 0. The Balaban J connectivity index is -0.00000144. The molecule has 4 nitrogen and oxygen atoms in total. The van der Waals surface area contributed by atoms with Crippen molar-refractivity contribution in [1.82, 2.24) is 0 Å². The third-order valence-corrected chi connectivity index (χ3v) is 3.01. The molecule has 0 unspecified atom stereocenters. The molecule has 0 heterocycles. The molecule has 0 aliphatic rings. The van der Waals surface area contributed by atoms with E-state index in [0.717, 1.165) is 51.4 Å². The molecular formula is C14H24K2O4. The molecule has 0 aromatic heterocycles. The van der Waals surface area contributed by atoms with Crippen molar-refractivity contribution < 1.29 is 123 Å². The number of carboxylic acids is 2. The van der Waals surface area contributed by atoms with Gasteiger partial charge in [-0.2, -0.15) is 0 Å². The zero-order valence-electron chi connectivity index (χ0n) is 13.1. The first kappa shape index (κ1) is 27.1. The van der Waals surface area contributed by atoms with Gasteiger partial charge in [0.25, 0.3) is 0 Å². The van der Waals surface area contributed by atoms with E-state index < -0.39 is 11.9 Å². The average Bonchev–Trinajstić information content (AvgIpc) is 2.29. The van der Waals surface area contributed by atoms with Crippen LogP contribution in [0.2, 0.25) is 0 Å². The monoisotopic (exact) mass is 334 g/mol. The maximum atomic E-state index is 10.2. The Morgan fingerprint density at radius 3 is 0.900 bits per heavy atom. The Morgan fingerprint density at radius 2 is 0.700 bits per heavy atom. The molecule has 0 amide bonds. The number of carbonyl (C=O) groups excluding carboxylic acids is 2. The van der Waals surface area contributed by atoms with Gasteiger partial charge < -0.3 is 19.8 Å². The van der Waals surface area contributed by atoms with Gasteiger partial charge in [0.1, 0.15) is 0 Å². The van der Waals surface area contributed by atoms with E-state index in [4.69, 9.17) is 0 Å². The summed E-state index contributed by atoms with van der Waals surface area (Å²) in [7, 11) is 0. The van der Waals surface area contributed by atoms with Gasteiger partial charge in [-0.25, -0.2) is 0 Å². The van der Waals surface area contributed by atoms with Crippen molar-refractivity contribution in [2.24, 2.45) is 0 Å². The van der Waals surface area contributed by atoms with Crippen molar-refractivity contribution in [1.29, 1.82) is 0 Å². The Kier molecular flexibility index (Phi) is 28.7. The molecule has 20 heavy (non-hydrogen) atoms. The number of carboxylic acid groups (broad SMARTS) is 2. The molecule has 0 bridgehead atoms. The zero-order valence-corrected chi connectivity index (χ0v) is 19.4. The van der Waals surface area contributed by atoms with Crippen LogP contribution in [0.1, 0.15) is 77.0 Å². The molecule has 0 N–H and O–H groups in total. The molecule has 0 rings (SSSR count). The van der Waals surface area contributed by atoms with E-state index in [1.54, 1.807) is 0 Å². The van der Waals surface area contributed by atoms with Gasteiger partial charge in [0.2, 0.25) is 0 Å². The van der Waals surface area contributed by atoms with Crippen LogP contribution in [0, 0.1) is 0 Å². The van der Waals surface area contributed by atoms with Gasteiger partial charge in [-0.15, -0.1) is 0 Å². The summed E-state index contributed by atoms with van der Waals surface area (Å²) in [5.41, 5.74) is 0. The molecule has 0 aromatic carbocycles. The maximum absolute atomic E-state index is 10.2. The normalized spacial score (nSPS) is 9.40. The quantitative estimate of drug-likeness (QED) is 0.250. The van der Waals surface area contributed by atoms with E-state index in [2.05, 4.69) is 0 Å². The summed E-state index contributed by atoms with van der Waals surface area (Å²) in [6, 6.07) is 0. The third kappa shape index (κ3) is 25.2. The largest absolute Gasteiger partial charge is 1.00 e. The second kappa shape index (κ2) is 21.2. The molecular weight excluding hydrogens is 310 g/mol. The SMILES string of the molecule is O=C([O-])CCCCCCCCCCCCC(=O)[O-].[K+].[K+]. The molecule has 6 heteroatoms. The van der Waals surface area contributed by atoms with Crippen LogP contribution >= 0.6 is 0 Å². The molecule has 0 spiro atoms. The first-order valence-corrected chi connectivity index (χ1v) is 7.02. The molecule has 0 fully saturated rings. The summed E-state index contributed by atoms with van der Waals surface area (Å²) in [6.07, 6.45) is 10.6. The van der Waals surface area contributed by atoms with E-state index in [9.17, 15) is 19.8 Å². The van der Waals surface area contributed by atoms with E-state index in [-0.39, 0.29) is 116 Å². The Morgan fingerprint density at radius 1 is 0.500 bits per heavy atom. The first-order chi connectivity index (χ1) is 8.63. The molecule has 0 atom stereocenters. The minimum absolute atomic E-state index is 0. The maximum Gasteiger partial charge on any atom is 1.00 e. The second-order valence-electron chi connectivity index (χ2n) is 4.78. The second-order valence-corrected chi connectivity index (χ2v) is 4.78. The van der Waals surface area contributed by atoms with Gasteiger partial charge in [-0.1, -0.05) is 51.4 Å². The third-order valence-electron chi connectivity index (χ3n) is 3.01. The fraction of sp³-hybridized carbons (Fsp3) is 0.857. The van der Waals surface area contributed by atoms with Crippen LogP contribution in [-0.2, 0) is 9.59 Å². The topological polar surface area (TPSA) is 80.3 Å². The fourth-order valence-electron chi connectivity index (χ4n) is 1.95. The van der Waals surface area contributed by atoms with Crippen LogP contribution in [0.25, 0.3) is 0 Å². The van der Waals surface area contributed by atoms with Crippen molar-refractivity contribution in [3.05, 3.63) is 0 Å². The minimum Gasteiger partial charge on any atom is -0.550 e. The summed E-state index contributed by atoms with van der Waals surface area (Å²) in [6.45, 7) is 0. The van der Waals surface area contributed by atoms with Crippen molar-refractivity contribution in [3.8, 4) is 0 Å². The number of unbranched alkanes of at least 4 members (excludes halogenated alkanes) is 9. The van der Waals surface area contributed by atoms with E-state index in [1.165, 1.54) is 12.8 Å². The predicted octanol–water partition coefficient (Wildman–Crippen LogP) is -4.82. The van der Waals surface area contributed by atoms with Crippen molar-refractivity contribution in [3.63, 3.8) is 0 Å². The van der Waals surface area contributed by atoms with Crippen LogP contribution in [0.5, 0.6) is 0 Å². The van der Waals surface area contributed by atoms with Crippen molar-refractivity contribution >= 4 is 11.9 Å². The molecule has 0 saturated heterocycles. The molecule has 0 aromatic rings. The zero-order chi connectivity index (χ0) is 13.6. The summed E-state index contributed by atoms with van der Waals surface area (Å²) >= 11 is 0. The van der Waals surface area contributed by atoms with E-state index in [1.807, 2.05) is 0 Å². The van der Waals surface area contributed by atoms with Crippen LogP contribution < -0.4 is 113 Å². The van der Waals surface area contributed by atoms with Gasteiger partial charge in [0.05, 0.1) is 0 Å². The predicted molar refractivity (Wildman–Crippen MR) is 65.4 cm³/mol. The van der Waals surface area contributed by atoms with E-state index >= 15 is 0 Å². The van der Waals surface area contributed by atoms with Crippen molar-refractivity contribution in [2.45, 2.75) is 77.0 Å². The number of hydrogen-bond acceptors (Lipinski definition) is 4. The summed E-state index contributed by atoms with van der Waals surface area (Å²) in [5.74, 6) is -1.90. The van der Waals surface area contributed by atoms with Crippen LogP contribution in [-0.4, -0.2) is 11.9 Å². The van der Waals surface area contributed by atoms with Crippen LogP contribution in [0.4, 0.5) is 0 Å². The van der Waals surface area contributed by atoms with Crippen LogP contribution in [0.15, 0.2) is 0 Å². The Hall–Kier alpha value is 2.21. The number of carbonyl (C=O) groups is 2. The van der Waals surface area contributed by atoms with Gasteiger partial charge in [-0.3, -0.25) is 0 Å². The number of aliphatic carboxylic acids is 2. The van der Waals surface area contributed by atoms with E-state index in [0.29, 0.717) is 0 Å². The summed E-state index contributed by atoms with van der Waals surface area (Å²) in [5, 5.41) is 20.3. The molecule has 106 valence electrons. The average molecular weight is 335 g/mol. The number of rotatable bonds is 13. The molecule has 0 aliphatic heterocycles. The van der Waals surface area contributed by atoms with Gasteiger partial charge in [-0.05, 0) is 25.7 Å². The standard InChI is InChI=1S/C14H26O4.2K/c15-13(16)11-9-7-5-3-1-2-4-6-8-10-12-14(17)18;;/h1-12H2,(H,15,16)(H,17,18);;/q;2*+1/p-2. The minimum atomic E-state index is -0.952. The van der Waals surface area contributed by atoms with Crippen molar-refractivity contribution in [2.75, 3.05) is 0 Å². The van der Waals surface area contributed by atoms with Crippen LogP contribution in [0.3, 0.4) is 0 Å². The Bertz CT molecular complexity index is 211. The van der Waals surface area contributed by atoms with Gasteiger partial charge >= 0.3 is 103 Å². The number of hydrogen-bond donors (Lipinski definition) is 0. The molecule has 0 saturated carbocycles. The fourth-order valence-corrected chi connectivity index (χ4v) is 1.95. The molecule has 0 radical (unpaired) electrons.